The fourth-order valence-corrected chi connectivity index (χ4v) is 3.33. The molecule has 2 atom stereocenters. The number of ether oxygens (including phenoxy) is 2. The molecule has 0 N–H and O–H groups in total. The van der Waals surface area contributed by atoms with Gasteiger partial charge in [0.15, 0.2) is 0 Å². The van der Waals surface area contributed by atoms with E-state index in [0.29, 0.717) is 19.6 Å². The molecule has 0 aliphatic rings. The fourth-order valence-electron chi connectivity index (χ4n) is 3.33. The van der Waals surface area contributed by atoms with E-state index in [4.69, 9.17) is 9.47 Å². The van der Waals surface area contributed by atoms with Gasteiger partial charge in [-0.05, 0) is 25.0 Å². The van der Waals surface area contributed by atoms with Crippen LogP contribution >= 0.6 is 0 Å². The molecule has 0 heterocycles. The van der Waals surface area contributed by atoms with E-state index < -0.39 is 23.0 Å². The van der Waals surface area contributed by atoms with E-state index in [2.05, 4.69) is 0 Å². The van der Waals surface area contributed by atoms with Gasteiger partial charge in [0.25, 0.3) is 0 Å². The number of hydrogen-bond acceptors (Lipinski definition) is 4. The van der Waals surface area contributed by atoms with Crippen LogP contribution in [0.2, 0.25) is 0 Å². The summed E-state index contributed by atoms with van der Waals surface area (Å²) in [5, 5.41) is 0. The minimum Gasteiger partial charge on any atom is -0.372 e. The maximum Gasteiger partial charge on any atom is 0.138 e. The zero-order chi connectivity index (χ0) is 23.1. The maximum absolute atomic E-state index is 12.5. The first-order chi connectivity index (χ1) is 14.5. The van der Waals surface area contributed by atoms with Gasteiger partial charge >= 0.3 is 0 Å². The number of ketones is 2. The summed E-state index contributed by atoms with van der Waals surface area (Å²) >= 11 is 0. The third-order valence-electron chi connectivity index (χ3n) is 6.44. The quantitative estimate of drug-likeness (QED) is 0.433. The van der Waals surface area contributed by atoms with Gasteiger partial charge in [-0.25, -0.2) is 0 Å². The van der Waals surface area contributed by atoms with Crippen LogP contribution in [0, 0.1) is 10.8 Å². The van der Waals surface area contributed by atoms with Crippen LogP contribution in [0.4, 0.5) is 0 Å². The van der Waals surface area contributed by atoms with E-state index in [9.17, 15) is 9.59 Å². The lowest BCUT2D eigenvalue weighted by Crippen LogP contribution is -2.46. The highest BCUT2D eigenvalue weighted by atomic mass is 16.5. The fraction of sp³-hybridized carbons (Fsp3) is 0.481. The summed E-state index contributed by atoms with van der Waals surface area (Å²) in [5.41, 5.74) is 0.658. The Morgan fingerprint density at radius 3 is 1.29 bits per heavy atom. The standard InChI is InChI=1S/C27H36O4/c1-20(28)26(3,4)24(30-18-22-13-9-7-10-14-22)17-25(27(5,6)21(2)29)31-19-23-15-11-8-12-16-23/h7-16,24-25H,17-19H2,1-6H3/t24-,25-/m0/s1. The highest BCUT2D eigenvalue weighted by Gasteiger charge is 2.42. The monoisotopic (exact) mass is 424 g/mol. The molecule has 2 aromatic carbocycles. The second kappa shape index (κ2) is 10.8. The smallest absolute Gasteiger partial charge is 0.138 e. The Balaban J connectivity index is 2.26. The van der Waals surface area contributed by atoms with Gasteiger partial charge in [-0.15, -0.1) is 0 Å². The Bertz CT molecular complexity index is 769. The first-order valence-electron chi connectivity index (χ1n) is 10.9. The number of carbonyl (C=O) groups is 2. The van der Waals surface area contributed by atoms with Crippen LogP contribution in [0.1, 0.15) is 59.1 Å². The van der Waals surface area contributed by atoms with E-state index in [0.717, 1.165) is 11.1 Å². The molecule has 0 amide bonds. The van der Waals surface area contributed by atoms with Crippen molar-refractivity contribution in [3.05, 3.63) is 71.8 Å². The lowest BCUT2D eigenvalue weighted by atomic mass is 9.74. The number of Topliss-reactive ketones (excluding diaryl/α,β-unsaturated/α-hetero) is 2. The second-order valence-electron chi connectivity index (χ2n) is 9.36. The Kier molecular flexibility index (Phi) is 8.72. The van der Waals surface area contributed by atoms with Crippen molar-refractivity contribution in [2.24, 2.45) is 10.8 Å². The Morgan fingerprint density at radius 2 is 1.00 bits per heavy atom. The predicted molar refractivity (Wildman–Crippen MR) is 124 cm³/mol. The van der Waals surface area contributed by atoms with Crippen LogP contribution < -0.4 is 0 Å². The Labute approximate surface area is 187 Å². The minimum absolute atomic E-state index is 0.0491. The molecular formula is C27H36O4. The van der Waals surface area contributed by atoms with E-state index in [1.807, 2.05) is 88.4 Å². The van der Waals surface area contributed by atoms with Gasteiger partial charge in [0.2, 0.25) is 0 Å². The molecule has 168 valence electrons. The molecule has 4 nitrogen and oxygen atoms in total. The molecule has 31 heavy (non-hydrogen) atoms. The van der Waals surface area contributed by atoms with E-state index in [-0.39, 0.29) is 11.6 Å². The molecule has 0 bridgehead atoms. The zero-order valence-corrected chi connectivity index (χ0v) is 19.7. The third kappa shape index (κ3) is 6.84. The van der Waals surface area contributed by atoms with Gasteiger partial charge in [0.05, 0.1) is 25.4 Å². The lowest BCUT2D eigenvalue weighted by molar-refractivity contribution is -0.148. The molecule has 2 rings (SSSR count). The summed E-state index contributed by atoms with van der Waals surface area (Å²) in [5.74, 6) is 0.0982. The lowest BCUT2D eigenvalue weighted by Gasteiger charge is -2.39. The number of benzene rings is 2. The molecule has 0 spiro atoms. The molecule has 0 aromatic heterocycles. The van der Waals surface area contributed by atoms with Crippen LogP contribution in [-0.4, -0.2) is 23.8 Å². The molecule has 0 aliphatic carbocycles. The van der Waals surface area contributed by atoms with Crippen molar-refractivity contribution in [3.8, 4) is 0 Å². The van der Waals surface area contributed by atoms with Crippen molar-refractivity contribution in [2.75, 3.05) is 0 Å². The summed E-state index contributed by atoms with van der Waals surface area (Å²) < 4.78 is 12.6. The Hall–Kier alpha value is -2.30. The molecule has 4 heteroatoms. The van der Waals surface area contributed by atoms with E-state index >= 15 is 0 Å². The highest BCUT2D eigenvalue weighted by Crippen LogP contribution is 2.36. The average Bonchev–Trinajstić information content (AvgIpc) is 2.74. The summed E-state index contributed by atoms with van der Waals surface area (Å²) in [4.78, 5) is 24.9. The molecular weight excluding hydrogens is 388 g/mol. The van der Waals surface area contributed by atoms with E-state index in [1.165, 1.54) is 0 Å². The van der Waals surface area contributed by atoms with Crippen molar-refractivity contribution >= 4 is 11.6 Å². The number of carbonyl (C=O) groups excluding carboxylic acids is 2. The van der Waals surface area contributed by atoms with Crippen LogP contribution in [0.25, 0.3) is 0 Å². The summed E-state index contributed by atoms with van der Waals surface area (Å²) in [6.45, 7) is 11.6. The molecule has 0 fully saturated rings. The van der Waals surface area contributed by atoms with Crippen molar-refractivity contribution in [2.45, 2.75) is 73.4 Å². The number of rotatable bonds is 12. The molecule has 0 unspecified atom stereocenters. The highest BCUT2D eigenvalue weighted by molar-refractivity contribution is 5.83. The molecule has 0 saturated heterocycles. The predicted octanol–water partition coefficient (Wildman–Crippen LogP) is 5.78. The first-order valence-corrected chi connectivity index (χ1v) is 10.9. The van der Waals surface area contributed by atoms with Gasteiger partial charge in [-0.3, -0.25) is 9.59 Å². The van der Waals surface area contributed by atoms with Gasteiger partial charge in [0.1, 0.15) is 11.6 Å². The largest absolute Gasteiger partial charge is 0.372 e. The van der Waals surface area contributed by atoms with Crippen LogP contribution in [0.5, 0.6) is 0 Å². The molecule has 0 saturated carbocycles. The van der Waals surface area contributed by atoms with Crippen LogP contribution in [-0.2, 0) is 32.3 Å². The summed E-state index contributed by atoms with van der Waals surface area (Å²) in [6.07, 6.45) is -0.354. The second-order valence-corrected chi connectivity index (χ2v) is 9.36. The van der Waals surface area contributed by atoms with Crippen molar-refractivity contribution < 1.29 is 19.1 Å². The SMILES string of the molecule is CC(=O)C(C)(C)[C@H](C[C@H](OCc1ccccc1)C(C)(C)C(C)=O)OCc1ccccc1. The topological polar surface area (TPSA) is 52.6 Å². The average molecular weight is 425 g/mol. The number of hydrogen-bond donors (Lipinski definition) is 0. The molecule has 2 aromatic rings. The van der Waals surface area contributed by atoms with Crippen molar-refractivity contribution in [1.29, 1.82) is 0 Å². The zero-order valence-electron chi connectivity index (χ0n) is 19.7. The van der Waals surface area contributed by atoms with Crippen LogP contribution in [0.15, 0.2) is 60.7 Å². The minimum atomic E-state index is -0.712. The Morgan fingerprint density at radius 1 is 0.677 bits per heavy atom. The van der Waals surface area contributed by atoms with Gasteiger partial charge in [0, 0.05) is 17.3 Å². The first kappa shape index (κ1) is 25.0. The van der Waals surface area contributed by atoms with Gasteiger partial charge in [-0.1, -0.05) is 88.4 Å². The van der Waals surface area contributed by atoms with Gasteiger partial charge < -0.3 is 9.47 Å². The van der Waals surface area contributed by atoms with E-state index in [1.54, 1.807) is 13.8 Å². The van der Waals surface area contributed by atoms with Crippen molar-refractivity contribution in [3.63, 3.8) is 0 Å². The molecule has 0 aliphatic heterocycles. The normalized spacial score (nSPS) is 14.1. The maximum atomic E-state index is 12.5. The van der Waals surface area contributed by atoms with Gasteiger partial charge in [-0.2, -0.15) is 0 Å². The third-order valence-corrected chi connectivity index (χ3v) is 6.44. The van der Waals surface area contributed by atoms with Crippen molar-refractivity contribution in [1.82, 2.24) is 0 Å². The summed E-state index contributed by atoms with van der Waals surface area (Å²) in [6, 6.07) is 19.8. The summed E-state index contributed by atoms with van der Waals surface area (Å²) in [7, 11) is 0. The molecule has 0 radical (unpaired) electrons. The van der Waals surface area contributed by atoms with Crippen LogP contribution in [0.3, 0.4) is 0 Å².